The molecule has 0 bridgehead atoms. The summed E-state index contributed by atoms with van der Waals surface area (Å²) in [6.07, 6.45) is 5.95. The van der Waals surface area contributed by atoms with E-state index in [2.05, 4.69) is 32.4 Å². The van der Waals surface area contributed by atoms with Crippen LogP contribution in [0.2, 0.25) is 0 Å². The lowest BCUT2D eigenvalue weighted by molar-refractivity contribution is -0.117. The summed E-state index contributed by atoms with van der Waals surface area (Å²) in [5.74, 6) is 0.637. The smallest absolute Gasteiger partial charge is 0.249 e. The standard InChI is InChI=1S/C20H35N5O2.C2H6/c1-4-5-18(21-3)19(16(2)20(26)23-14-17-6-7-17)24-15-22-8-9-25-10-12-27-13-11-25;1-2/h15,17H,4-14H2,1-3H3,(H,22,24)(H,23,26);1-2H3/b19-16-,21-18?;. The highest BCUT2D eigenvalue weighted by Gasteiger charge is 2.23. The number of allylic oxidation sites excluding steroid dienone is 1. The van der Waals surface area contributed by atoms with Gasteiger partial charge in [-0.05, 0) is 32.1 Å². The number of hydrogen-bond donors (Lipinski definition) is 2. The van der Waals surface area contributed by atoms with Crippen molar-refractivity contribution in [2.45, 2.75) is 53.4 Å². The number of amides is 1. The average molecular weight is 408 g/mol. The summed E-state index contributed by atoms with van der Waals surface area (Å²) >= 11 is 0. The third-order valence-electron chi connectivity index (χ3n) is 4.96. The molecule has 2 aliphatic rings. The molecule has 0 aromatic rings. The van der Waals surface area contributed by atoms with E-state index in [1.54, 1.807) is 13.4 Å². The van der Waals surface area contributed by atoms with E-state index in [1.165, 1.54) is 12.8 Å². The predicted octanol–water partition coefficient (Wildman–Crippen LogP) is 2.63. The molecule has 0 aromatic heterocycles. The van der Waals surface area contributed by atoms with Crippen LogP contribution in [0.1, 0.15) is 53.4 Å². The van der Waals surface area contributed by atoms with E-state index >= 15 is 0 Å². The molecule has 1 aliphatic carbocycles. The van der Waals surface area contributed by atoms with Crippen molar-refractivity contribution in [1.29, 1.82) is 0 Å². The van der Waals surface area contributed by atoms with Crippen molar-refractivity contribution in [1.82, 2.24) is 15.5 Å². The topological polar surface area (TPSA) is 78.3 Å². The van der Waals surface area contributed by atoms with E-state index in [9.17, 15) is 4.79 Å². The Morgan fingerprint density at radius 3 is 2.52 bits per heavy atom. The Morgan fingerprint density at radius 1 is 1.24 bits per heavy atom. The summed E-state index contributed by atoms with van der Waals surface area (Å²) in [6, 6.07) is 0. The Bertz CT molecular complexity index is 562. The van der Waals surface area contributed by atoms with Gasteiger partial charge in [0.15, 0.2) is 0 Å². The van der Waals surface area contributed by atoms with Gasteiger partial charge in [0, 0.05) is 38.8 Å². The first-order valence-electron chi connectivity index (χ1n) is 11.2. The number of nitrogens with zero attached hydrogens (tertiary/aromatic N) is 3. The molecule has 0 atom stereocenters. The zero-order valence-corrected chi connectivity index (χ0v) is 19.1. The summed E-state index contributed by atoms with van der Waals surface area (Å²) in [4.78, 5) is 23.7. The second-order valence-corrected chi connectivity index (χ2v) is 7.21. The number of carbonyl (C=O) groups is 1. The minimum absolute atomic E-state index is 0.0247. The van der Waals surface area contributed by atoms with Crippen LogP contribution < -0.4 is 10.6 Å². The summed E-state index contributed by atoms with van der Waals surface area (Å²) in [7, 11) is 1.78. The van der Waals surface area contributed by atoms with Crippen LogP contribution in [0.3, 0.4) is 0 Å². The van der Waals surface area contributed by atoms with Gasteiger partial charge in [-0.3, -0.25) is 19.7 Å². The number of rotatable bonds is 11. The lowest BCUT2D eigenvalue weighted by atomic mass is 10.1. The zero-order valence-electron chi connectivity index (χ0n) is 19.1. The van der Waals surface area contributed by atoms with Gasteiger partial charge in [0.25, 0.3) is 0 Å². The number of ether oxygens (including phenoxy) is 1. The van der Waals surface area contributed by atoms with Gasteiger partial charge < -0.3 is 15.4 Å². The van der Waals surface area contributed by atoms with Crippen LogP contribution in [0.15, 0.2) is 21.3 Å². The van der Waals surface area contributed by atoms with Crippen LogP contribution in [0.5, 0.6) is 0 Å². The highest BCUT2D eigenvalue weighted by Crippen LogP contribution is 2.27. The SMILES string of the molecule is CC.CCCC(=NC)/C(NC=NCCN1CCOCC1)=C(\C)C(=O)NCC1CC1. The zero-order chi connectivity index (χ0) is 21.5. The molecule has 1 saturated heterocycles. The van der Waals surface area contributed by atoms with Gasteiger partial charge in [-0.25, -0.2) is 0 Å². The number of morpholine rings is 1. The van der Waals surface area contributed by atoms with E-state index in [4.69, 9.17) is 4.74 Å². The molecule has 2 N–H and O–H groups in total. The van der Waals surface area contributed by atoms with E-state index in [-0.39, 0.29) is 5.91 Å². The van der Waals surface area contributed by atoms with Gasteiger partial charge in [-0.15, -0.1) is 0 Å². The maximum atomic E-state index is 12.5. The van der Waals surface area contributed by atoms with Crippen LogP contribution in [0.4, 0.5) is 0 Å². The van der Waals surface area contributed by atoms with Crippen LogP contribution in [-0.4, -0.2) is 75.8 Å². The van der Waals surface area contributed by atoms with Crippen LogP contribution in [0.25, 0.3) is 0 Å². The first kappa shape index (κ1) is 25.3. The van der Waals surface area contributed by atoms with Gasteiger partial charge in [0.1, 0.15) is 0 Å². The Hall–Kier alpha value is -1.73. The van der Waals surface area contributed by atoms with Crippen LogP contribution in [0, 0.1) is 5.92 Å². The van der Waals surface area contributed by atoms with Crippen LogP contribution in [-0.2, 0) is 9.53 Å². The van der Waals surface area contributed by atoms with Crippen molar-refractivity contribution in [3.05, 3.63) is 11.3 Å². The van der Waals surface area contributed by atoms with Gasteiger partial charge in [0.2, 0.25) is 5.91 Å². The Balaban J connectivity index is 0.00000204. The molecule has 29 heavy (non-hydrogen) atoms. The minimum atomic E-state index is -0.0247. The fourth-order valence-corrected chi connectivity index (χ4v) is 3.00. The molecule has 1 aliphatic heterocycles. The van der Waals surface area contributed by atoms with Crippen molar-refractivity contribution in [2.24, 2.45) is 15.9 Å². The molecule has 0 unspecified atom stereocenters. The van der Waals surface area contributed by atoms with Crippen molar-refractivity contribution < 1.29 is 9.53 Å². The number of hydrogen-bond acceptors (Lipinski definition) is 5. The molecule has 166 valence electrons. The fourth-order valence-electron chi connectivity index (χ4n) is 3.00. The maximum Gasteiger partial charge on any atom is 0.249 e. The quantitative estimate of drug-likeness (QED) is 0.314. The summed E-state index contributed by atoms with van der Waals surface area (Å²) in [6.45, 7) is 13.9. The molecule has 1 amide bonds. The third-order valence-corrected chi connectivity index (χ3v) is 4.96. The first-order valence-corrected chi connectivity index (χ1v) is 11.2. The predicted molar refractivity (Wildman–Crippen MR) is 122 cm³/mol. The summed E-state index contributed by atoms with van der Waals surface area (Å²) in [5.41, 5.74) is 2.36. The first-order chi connectivity index (χ1) is 14.2. The van der Waals surface area contributed by atoms with Gasteiger partial charge in [0.05, 0.1) is 37.5 Å². The molecule has 7 nitrogen and oxygen atoms in total. The second kappa shape index (κ2) is 15.2. The number of nitrogens with one attached hydrogen (secondary N) is 2. The lowest BCUT2D eigenvalue weighted by Crippen LogP contribution is -2.37. The molecular formula is C22H41N5O2. The lowest BCUT2D eigenvalue weighted by Gasteiger charge is -2.25. The molecule has 7 heteroatoms. The van der Waals surface area contributed by atoms with Crippen LogP contribution >= 0.6 is 0 Å². The Kier molecular flexibility index (Phi) is 13.2. The fraction of sp³-hybridized carbons (Fsp3) is 0.773. The average Bonchev–Trinajstić information content (AvgIpc) is 3.59. The van der Waals surface area contributed by atoms with E-state index in [0.29, 0.717) is 11.5 Å². The molecule has 2 fully saturated rings. The van der Waals surface area contributed by atoms with Gasteiger partial charge >= 0.3 is 0 Å². The van der Waals surface area contributed by atoms with E-state index < -0.39 is 0 Å². The molecule has 1 saturated carbocycles. The minimum Gasteiger partial charge on any atom is -0.379 e. The highest BCUT2D eigenvalue weighted by atomic mass is 16.5. The summed E-state index contributed by atoms with van der Waals surface area (Å²) in [5, 5.41) is 6.27. The molecule has 1 heterocycles. The normalized spacial score (nSPS) is 18.7. The molecular weight excluding hydrogens is 366 g/mol. The van der Waals surface area contributed by atoms with Crippen molar-refractivity contribution in [3.8, 4) is 0 Å². The van der Waals surface area contributed by atoms with Gasteiger partial charge in [-0.2, -0.15) is 0 Å². The molecule has 2 rings (SSSR count). The van der Waals surface area contributed by atoms with E-state index in [0.717, 1.165) is 70.2 Å². The molecule has 0 aromatic carbocycles. The molecule has 0 radical (unpaired) electrons. The Morgan fingerprint density at radius 2 is 1.93 bits per heavy atom. The highest BCUT2D eigenvalue weighted by molar-refractivity contribution is 6.08. The number of carbonyl (C=O) groups excluding carboxylic acids is 1. The van der Waals surface area contributed by atoms with Gasteiger partial charge in [-0.1, -0.05) is 27.2 Å². The van der Waals surface area contributed by atoms with Crippen molar-refractivity contribution >= 4 is 18.0 Å². The Labute approximate surface area is 177 Å². The maximum absolute atomic E-state index is 12.5. The number of aliphatic imine (C=N–C) groups is 2. The molecule has 0 spiro atoms. The van der Waals surface area contributed by atoms with Crippen molar-refractivity contribution in [2.75, 3.05) is 53.0 Å². The van der Waals surface area contributed by atoms with E-state index in [1.807, 2.05) is 20.8 Å². The second-order valence-electron chi connectivity index (χ2n) is 7.21. The van der Waals surface area contributed by atoms with Crippen molar-refractivity contribution in [3.63, 3.8) is 0 Å². The third kappa shape index (κ3) is 10.0. The monoisotopic (exact) mass is 407 g/mol. The largest absolute Gasteiger partial charge is 0.379 e. The summed E-state index contributed by atoms with van der Waals surface area (Å²) < 4.78 is 5.36.